The van der Waals surface area contributed by atoms with E-state index in [1.54, 1.807) is 30.0 Å². The Balaban J connectivity index is 1.46. The van der Waals surface area contributed by atoms with Crippen LogP contribution in [0.1, 0.15) is 12.5 Å². The third kappa shape index (κ3) is 4.13. The first-order valence-electron chi connectivity index (χ1n) is 9.95. The molecule has 0 radical (unpaired) electrons. The average molecular weight is 447 g/mol. The molecule has 1 amide bonds. The largest absolute Gasteiger partial charge is 0.419 e. The van der Waals surface area contributed by atoms with Crippen LogP contribution in [0.15, 0.2) is 56.6 Å². The third-order valence-corrected chi connectivity index (χ3v) is 7.32. The minimum absolute atomic E-state index is 0.0385. The van der Waals surface area contributed by atoms with Gasteiger partial charge in [-0.25, -0.2) is 17.6 Å². The Morgan fingerprint density at radius 1 is 1.10 bits per heavy atom. The Labute approximate surface area is 178 Å². The number of piperazine rings is 1. The van der Waals surface area contributed by atoms with E-state index >= 15 is 0 Å². The molecule has 0 aliphatic carbocycles. The minimum Gasteiger partial charge on any atom is -0.408 e. The molecule has 0 spiro atoms. The number of carbonyl (C=O) groups is 1. The van der Waals surface area contributed by atoms with Gasteiger partial charge >= 0.3 is 5.76 Å². The lowest BCUT2D eigenvalue weighted by Gasteiger charge is -2.34. The number of sulfonamides is 1. The molecule has 1 aliphatic rings. The molecule has 8 nitrogen and oxygen atoms in total. The molecular formula is C21H22FN3O5S. The van der Waals surface area contributed by atoms with Crippen LogP contribution in [-0.4, -0.2) is 54.3 Å². The van der Waals surface area contributed by atoms with Gasteiger partial charge in [0.2, 0.25) is 15.9 Å². The standard InChI is InChI=1S/C21H22FN3O5S/c1-2-25-18-7-6-17(14-19(18)30-21(25)27)31(28,29)24-10-8-23(9-11-24)20(26)13-15-4-3-5-16(22)12-15/h3-7,12,14H,2,8-11,13H2,1H3. The first-order chi connectivity index (χ1) is 14.8. The van der Waals surface area contributed by atoms with Crippen molar-refractivity contribution < 1.29 is 22.0 Å². The van der Waals surface area contributed by atoms with Gasteiger partial charge in [0, 0.05) is 38.8 Å². The Hall–Kier alpha value is -2.98. The molecule has 4 rings (SSSR count). The summed E-state index contributed by atoms with van der Waals surface area (Å²) in [6, 6.07) is 10.3. The summed E-state index contributed by atoms with van der Waals surface area (Å²) >= 11 is 0. The number of carbonyl (C=O) groups excluding carboxylic acids is 1. The van der Waals surface area contributed by atoms with Crippen LogP contribution in [0.4, 0.5) is 4.39 Å². The molecule has 0 saturated carbocycles. The molecule has 0 unspecified atom stereocenters. The number of aromatic nitrogens is 1. The maximum Gasteiger partial charge on any atom is 0.419 e. The van der Waals surface area contributed by atoms with E-state index < -0.39 is 21.6 Å². The molecule has 1 aromatic heterocycles. The summed E-state index contributed by atoms with van der Waals surface area (Å²) in [7, 11) is -3.80. The number of rotatable bonds is 5. The fraction of sp³-hybridized carbons (Fsp3) is 0.333. The number of benzene rings is 2. The van der Waals surface area contributed by atoms with Gasteiger partial charge in [0.1, 0.15) is 5.82 Å². The van der Waals surface area contributed by atoms with Crippen LogP contribution >= 0.6 is 0 Å². The summed E-state index contributed by atoms with van der Waals surface area (Å²) < 4.78 is 47.3. The highest BCUT2D eigenvalue weighted by molar-refractivity contribution is 7.89. The van der Waals surface area contributed by atoms with Crippen LogP contribution in [0.3, 0.4) is 0 Å². The molecular weight excluding hydrogens is 425 g/mol. The molecule has 0 bridgehead atoms. The van der Waals surface area contributed by atoms with Gasteiger partial charge in [-0.1, -0.05) is 12.1 Å². The zero-order valence-electron chi connectivity index (χ0n) is 17.0. The van der Waals surface area contributed by atoms with Gasteiger partial charge in [-0.2, -0.15) is 4.31 Å². The predicted molar refractivity (Wildman–Crippen MR) is 112 cm³/mol. The van der Waals surface area contributed by atoms with Gasteiger partial charge in [0.15, 0.2) is 5.58 Å². The minimum atomic E-state index is -3.80. The molecule has 0 N–H and O–H groups in total. The molecule has 10 heteroatoms. The lowest BCUT2D eigenvalue weighted by Crippen LogP contribution is -2.50. The van der Waals surface area contributed by atoms with E-state index in [1.165, 1.54) is 33.1 Å². The number of nitrogens with zero attached hydrogens (tertiary/aromatic N) is 3. The van der Waals surface area contributed by atoms with Gasteiger partial charge < -0.3 is 9.32 Å². The zero-order valence-corrected chi connectivity index (χ0v) is 17.8. The number of hydrogen-bond donors (Lipinski definition) is 0. The summed E-state index contributed by atoms with van der Waals surface area (Å²) in [4.78, 5) is 26.0. The third-order valence-electron chi connectivity index (χ3n) is 5.43. The van der Waals surface area contributed by atoms with Crippen molar-refractivity contribution in [3.8, 4) is 0 Å². The highest BCUT2D eigenvalue weighted by Gasteiger charge is 2.30. The van der Waals surface area contributed by atoms with Crippen LogP contribution in [0, 0.1) is 5.82 Å². The summed E-state index contributed by atoms with van der Waals surface area (Å²) in [5, 5.41) is 0. The van der Waals surface area contributed by atoms with Crippen LogP contribution in [0.2, 0.25) is 0 Å². The van der Waals surface area contributed by atoms with Gasteiger partial charge in [0.25, 0.3) is 0 Å². The van der Waals surface area contributed by atoms with E-state index in [2.05, 4.69) is 0 Å². The van der Waals surface area contributed by atoms with Crippen molar-refractivity contribution in [3.05, 3.63) is 64.4 Å². The molecule has 2 heterocycles. The maximum absolute atomic E-state index is 13.3. The molecule has 0 atom stereocenters. The SMILES string of the molecule is CCn1c(=O)oc2cc(S(=O)(=O)N3CCN(C(=O)Cc4cccc(F)c4)CC3)ccc21. The lowest BCUT2D eigenvalue weighted by atomic mass is 10.1. The summed E-state index contributed by atoms with van der Waals surface area (Å²) in [5.41, 5.74) is 1.34. The summed E-state index contributed by atoms with van der Waals surface area (Å²) in [5.74, 6) is -1.10. The molecule has 1 fully saturated rings. The number of halogens is 1. The number of fused-ring (bicyclic) bond motifs is 1. The van der Waals surface area contributed by atoms with Crippen molar-refractivity contribution in [2.45, 2.75) is 24.8 Å². The van der Waals surface area contributed by atoms with Crippen molar-refractivity contribution in [1.82, 2.24) is 13.8 Å². The van der Waals surface area contributed by atoms with E-state index in [1.807, 2.05) is 0 Å². The predicted octanol–water partition coefficient (Wildman–Crippen LogP) is 1.83. The number of amides is 1. The first kappa shape index (κ1) is 21.3. The van der Waals surface area contributed by atoms with Crippen LogP contribution in [0.25, 0.3) is 11.1 Å². The smallest absolute Gasteiger partial charge is 0.408 e. The normalized spacial score (nSPS) is 15.5. The maximum atomic E-state index is 13.3. The van der Waals surface area contributed by atoms with Crippen molar-refractivity contribution >= 4 is 27.0 Å². The fourth-order valence-electron chi connectivity index (χ4n) is 3.77. The van der Waals surface area contributed by atoms with E-state index in [-0.39, 0.29) is 49.0 Å². The van der Waals surface area contributed by atoms with E-state index in [0.717, 1.165) is 0 Å². The van der Waals surface area contributed by atoms with Gasteiger partial charge in [0.05, 0.1) is 16.8 Å². The molecule has 164 valence electrons. The second-order valence-electron chi connectivity index (χ2n) is 7.33. The Morgan fingerprint density at radius 3 is 2.52 bits per heavy atom. The highest BCUT2D eigenvalue weighted by Crippen LogP contribution is 2.23. The van der Waals surface area contributed by atoms with Gasteiger partial charge in [-0.05, 0) is 36.8 Å². The topological polar surface area (TPSA) is 92.8 Å². The molecule has 31 heavy (non-hydrogen) atoms. The van der Waals surface area contributed by atoms with E-state index in [9.17, 15) is 22.4 Å². The Kier molecular flexibility index (Phi) is 5.67. The van der Waals surface area contributed by atoms with Crippen molar-refractivity contribution in [2.75, 3.05) is 26.2 Å². The van der Waals surface area contributed by atoms with Crippen molar-refractivity contribution in [1.29, 1.82) is 0 Å². The molecule has 2 aromatic carbocycles. The molecule has 1 saturated heterocycles. The summed E-state index contributed by atoms with van der Waals surface area (Å²) in [6.45, 7) is 3.01. The highest BCUT2D eigenvalue weighted by atomic mass is 32.2. The number of aryl methyl sites for hydroxylation is 1. The Bertz CT molecular complexity index is 1290. The van der Waals surface area contributed by atoms with Crippen LogP contribution < -0.4 is 5.76 Å². The first-order valence-corrected chi connectivity index (χ1v) is 11.4. The average Bonchev–Trinajstić information content (AvgIpc) is 3.07. The molecule has 1 aliphatic heterocycles. The number of hydrogen-bond acceptors (Lipinski definition) is 5. The van der Waals surface area contributed by atoms with Gasteiger partial charge in [-0.3, -0.25) is 9.36 Å². The fourth-order valence-corrected chi connectivity index (χ4v) is 5.21. The quantitative estimate of drug-likeness (QED) is 0.595. The van der Waals surface area contributed by atoms with Crippen LogP contribution in [0.5, 0.6) is 0 Å². The van der Waals surface area contributed by atoms with Crippen molar-refractivity contribution in [3.63, 3.8) is 0 Å². The zero-order chi connectivity index (χ0) is 22.2. The summed E-state index contributed by atoms with van der Waals surface area (Å²) in [6.07, 6.45) is 0.0641. The van der Waals surface area contributed by atoms with Gasteiger partial charge in [-0.15, -0.1) is 0 Å². The van der Waals surface area contributed by atoms with Crippen LogP contribution in [-0.2, 0) is 27.8 Å². The second kappa shape index (κ2) is 8.27. The second-order valence-corrected chi connectivity index (χ2v) is 9.27. The number of oxazole rings is 1. The van der Waals surface area contributed by atoms with E-state index in [0.29, 0.717) is 17.6 Å². The lowest BCUT2D eigenvalue weighted by molar-refractivity contribution is -0.131. The van der Waals surface area contributed by atoms with Crippen molar-refractivity contribution in [2.24, 2.45) is 0 Å². The molecule has 3 aromatic rings. The van der Waals surface area contributed by atoms with E-state index in [4.69, 9.17) is 4.42 Å². The Morgan fingerprint density at radius 2 is 1.84 bits per heavy atom. The monoisotopic (exact) mass is 447 g/mol.